The van der Waals surface area contributed by atoms with Crippen molar-refractivity contribution in [1.29, 1.82) is 0 Å². The number of nitrogens with zero attached hydrogens (tertiary/aromatic N) is 2. The van der Waals surface area contributed by atoms with Crippen LogP contribution < -0.4 is 4.74 Å². The van der Waals surface area contributed by atoms with E-state index in [2.05, 4.69) is 4.98 Å². The lowest BCUT2D eigenvalue weighted by Crippen LogP contribution is -2.25. The van der Waals surface area contributed by atoms with Crippen LogP contribution in [0.5, 0.6) is 5.75 Å². The molecule has 0 amide bonds. The molecule has 1 aromatic heterocycles. The highest BCUT2D eigenvalue weighted by Gasteiger charge is 2.30. The van der Waals surface area contributed by atoms with Crippen molar-refractivity contribution in [2.24, 2.45) is 0 Å². The fourth-order valence-electron chi connectivity index (χ4n) is 3.37. The number of fused-ring (bicyclic) bond motifs is 3. The van der Waals surface area contributed by atoms with Crippen LogP contribution in [0.15, 0.2) is 48.5 Å². The fraction of sp³-hybridized carbons (Fsp3) is 0.211. The van der Waals surface area contributed by atoms with Gasteiger partial charge in [-0.3, -0.25) is 14.2 Å². The predicted octanol–water partition coefficient (Wildman–Crippen LogP) is 3.33. The van der Waals surface area contributed by atoms with Crippen LogP contribution in [0.25, 0.3) is 11.0 Å². The van der Waals surface area contributed by atoms with Gasteiger partial charge in [0, 0.05) is 25.7 Å². The standard InChI is InChI=1S/C19H16N2O3/c1-12(22)24-17-9-5-2-6-14(17)13-10-18-20-15-7-3-4-8-16(15)21(18)19(23)11-13/h2-9,13H,10-11H2,1H3/t13-/m0/s1. The lowest BCUT2D eigenvalue weighted by Gasteiger charge is -2.24. The summed E-state index contributed by atoms with van der Waals surface area (Å²) >= 11 is 0. The number of aromatic nitrogens is 2. The molecule has 0 spiro atoms. The van der Waals surface area contributed by atoms with Gasteiger partial charge >= 0.3 is 5.97 Å². The SMILES string of the molecule is CC(=O)Oc1ccccc1[C@@H]1CC(=O)n2c(nc3ccccc32)C1. The van der Waals surface area contributed by atoms with Crippen molar-refractivity contribution in [3.63, 3.8) is 0 Å². The van der Waals surface area contributed by atoms with E-state index in [-0.39, 0.29) is 17.8 Å². The minimum Gasteiger partial charge on any atom is -0.426 e. The van der Waals surface area contributed by atoms with Crippen LogP contribution in [0, 0.1) is 0 Å². The summed E-state index contributed by atoms with van der Waals surface area (Å²) in [4.78, 5) is 28.6. The van der Waals surface area contributed by atoms with E-state index in [0.717, 1.165) is 22.4 Å². The predicted molar refractivity (Wildman–Crippen MR) is 89.2 cm³/mol. The van der Waals surface area contributed by atoms with E-state index in [1.165, 1.54) is 6.92 Å². The Morgan fingerprint density at radius 2 is 1.88 bits per heavy atom. The van der Waals surface area contributed by atoms with E-state index in [1.54, 1.807) is 10.6 Å². The molecule has 1 aliphatic heterocycles. The monoisotopic (exact) mass is 320 g/mol. The largest absolute Gasteiger partial charge is 0.426 e. The Bertz CT molecular complexity index is 958. The number of para-hydroxylation sites is 3. The third-order valence-corrected chi connectivity index (χ3v) is 4.34. The molecular formula is C19H16N2O3. The van der Waals surface area contributed by atoms with Gasteiger partial charge in [-0.05, 0) is 23.8 Å². The first kappa shape index (κ1) is 14.6. The van der Waals surface area contributed by atoms with Gasteiger partial charge in [0.2, 0.25) is 5.91 Å². The quantitative estimate of drug-likeness (QED) is 0.537. The van der Waals surface area contributed by atoms with Crippen LogP contribution in [0.4, 0.5) is 0 Å². The van der Waals surface area contributed by atoms with E-state index < -0.39 is 0 Å². The summed E-state index contributed by atoms with van der Waals surface area (Å²) in [5, 5.41) is 0. The number of imidazole rings is 1. The molecule has 0 bridgehead atoms. The molecule has 0 saturated carbocycles. The minimum absolute atomic E-state index is 0.0209. The second-order valence-corrected chi connectivity index (χ2v) is 5.98. The highest BCUT2D eigenvalue weighted by molar-refractivity contribution is 5.92. The van der Waals surface area contributed by atoms with Crippen LogP contribution >= 0.6 is 0 Å². The Labute approximate surface area is 138 Å². The summed E-state index contributed by atoms with van der Waals surface area (Å²) in [6, 6.07) is 15.0. The molecule has 5 heteroatoms. The van der Waals surface area contributed by atoms with E-state index in [9.17, 15) is 9.59 Å². The lowest BCUT2D eigenvalue weighted by molar-refractivity contribution is -0.131. The van der Waals surface area contributed by atoms with Gasteiger partial charge in [0.1, 0.15) is 11.6 Å². The molecule has 5 nitrogen and oxygen atoms in total. The topological polar surface area (TPSA) is 61.2 Å². The number of carbonyl (C=O) groups excluding carboxylic acids is 2. The third kappa shape index (κ3) is 2.38. The maximum Gasteiger partial charge on any atom is 0.308 e. The van der Waals surface area contributed by atoms with Gasteiger partial charge in [-0.1, -0.05) is 30.3 Å². The molecule has 120 valence electrons. The first-order chi connectivity index (χ1) is 11.6. The van der Waals surface area contributed by atoms with Gasteiger partial charge in [-0.25, -0.2) is 4.98 Å². The Balaban J connectivity index is 1.76. The Kier molecular flexibility index (Phi) is 3.41. The molecule has 0 unspecified atom stereocenters. The van der Waals surface area contributed by atoms with Crippen molar-refractivity contribution < 1.29 is 14.3 Å². The van der Waals surface area contributed by atoms with Crippen molar-refractivity contribution in [3.05, 3.63) is 59.9 Å². The molecule has 0 aliphatic carbocycles. The second-order valence-electron chi connectivity index (χ2n) is 5.98. The number of hydrogen-bond acceptors (Lipinski definition) is 4. The molecular weight excluding hydrogens is 304 g/mol. The maximum absolute atomic E-state index is 12.7. The van der Waals surface area contributed by atoms with Crippen LogP contribution in [-0.4, -0.2) is 21.4 Å². The summed E-state index contributed by atoms with van der Waals surface area (Å²) in [7, 11) is 0. The number of esters is 1. The first-order valence-electron chi connectivity index (χ1n) is 7.90. The molecule has 1 aliphatic rings. The molecule has 0 N–H and O–H groups in total. The number of rotatable bonds is 2. The molecule has 0 fully saturated rings. The van der Waals surface area contributed by atoms with Crippen molar-refractivity contribution in [1.82, 2.24) is 9.55 Å². The van der Waals surface area contributed by atoms with Gasteiger partial charge in [0.25, 0.3) is 0 Å². The molecule has 3 aromatic rings. The molecule has 2 heterocycles. The van der Waals surface area contributed by atoms with Crippen LogP contribution in [-0.2, 0) is 11.2 Å². The van der Waals surface area contributed by atoms with E-state index in [1.807, 2.05) is 42.5 Å². The average Bonchev–Trinajstić information content (AvgIpc) is 2.93. The molecule has 4 rings (SSSR count). The maximum atomic E-state index is 12.7. The number of ether oxygens (including phenoxy) is 1. The molecule has 1 atom stereocenters. The second kappa shape index (κ2) is 5.60. The van der Waals surface area contributed by atoms with Gasteiger partial charge in [-0.15, -0.1) is 0 Å². The van der Waals surface area contributed by atoms with Crippen molar-refractivity contribution >= 4 is 22.9 Å². The summed E-state index contributed by atoms with van der Waals surface area (Å²) in [5.41, 5.74) is 2.55. The lowest BCUT2D eigenvalue weighted by atomic mass is 9.89. The Morgan fingerprint density at radius 1 is 1.12 bits per heavy atom. The average molecular weight is 320 g/mol. The van der Waals surface area contributed by atoms with Gasteiger partial charge < -0.3 is 4.74 Å². The Hall–Kier alpha value is -2.95. The number of benzene rings is 2. The number of carbonyl (C=O) groups is 2. The highest BCUT2D eigenvalue weighted by Crippen LogP contribution is 2.36. The number of hydrogen-bond donors (Lipinski definition) is 0. The van der Waals surface area contributed by atoms with Gasteiger partial charge in [0.15, 0.2) is 0 Å². The summed E-state index contributed by atoms with van der Waals surface area (Å²) < 4.78 is 7.01. The van der Waals surface area contributed by atoms with Crippen LogP contribution in [0.3, 0.4) is 0 Å². The summed E-state index contributed by atoms with van der Waals surface area (Å²) in [5.74, 6) is 0.893. The van der Waals surface area contributed by atoms with Crippen LogP contribution in [0.2, 0.25) is 0 Å². The van der Waals surface area contributed by atoms with E-state index >= 15 is 0 Å². The molecule has 0 saturated heterocycles. The van der Waals surface area contributed by atoms with Crippen molar-refractivity contribution in [2.45, 2.75) is 25.7 Å². The van der Waals surface area contributed by atoms with Gasteiger partial charge in [0.05, 0.1) is 11.0 Å². The summed E-state index contributed by atoms with van der Waals surface area (Å²) in [6.45, 7) is 1.38. The van der Waals surface area contributed by atoms with Gasteiger partial charge in [-0.2, -0.15) is 0 Å². The Morgan fingerprint density at radius 3 is 2.71 bits per heavy atom. The molecule has 0 radical (unpaired) electrons. The smallest absolute Gasteiger partial charge is 0.308 e. The zero-order valence-electron chi connectivity index (χ0n) is 13.2. The summed E-state index contributed by atoms with van der Waals surface area (Å²) in [6.07, 6.45) is 1.00. The molecule has 2 aromatic carbocycles. The van der Waals surface area contributed by atoms with Crippen LogP contribution in [0.1, 0.15) is 35.4 Å². The zero-order chi connectivity index (χ0) is 16.7. The first-order valence-corrected chi connectivity index (χ1v) is 7.90. The fourth-order valence-corrected chi connectivity index (χ4v) is 3.37. The molecule has 24 heavy (non-hydrogen) atoms. The van der Waals surface area contributed by atoms with E-state index in [0.29, 0.717) is 18.6 Å². The van der Waals surface area contributed by atoms with Crippen molar-refractivity contribution in [3.8, 4) is 5.75 Å². The van der Waals surface area contributed by atoms with E-state index in [4.69, 9.17) is 4.74 Å². The normalized spacial score (nSPS) is 16.9. The third-order valence-electron chi connectivity index (χ3n) is 4.34. The zero-order valence-corrected chi connectivity index (χ0v) is 13.2. The van der Waals surface area contributed by atoms with Crippen molar-refractivity contribution in [2.75, 3.05) is 0 Å². The highest BCUT2D eigenvalue weighted by atomic mass is 16.5. The minimum atomic E-state index is -0.364.